The third-order valence-electron chi connectivity index (χ3n) is 6.22. The van der Waals surface area contributed by atoms with Gasteiger partial charge in [-0.1, -0.05) is 97.1 Å². The van der Waals surface area contributed by atoms with E-state index in [1.54, 1.807) is 12.1 Å². The third kappa shape index (κ3) is 7.24. The molecule has 0 aliphatic rings. The number of ketones is 2. The quantitative estimate of drug-likeness (QED) is 0.183. The maximum absolute atomic E-state index is 12.8. The fourth-order valence-electron chi connectivity index (χ4n) is 4.06. The molecule has 0 saturated carbocycles. The van der Waals surface area contributed by atoms with Gasteiger partial charge in [0.05, 0.1) is 0 Å². The van der Waals surface area contributed by atoms with Crippen molar-refractivity contribution < 1.29 is 24.2 Å². The molecule has 0 radical (unpaired) electrons. The minimum absolute atomic E-state index is 0.0816. The van der Waals surface area contributed by atoms with Crippen molar-refractivity contribution in [2.45, 2.75) is 25.9 Å². The van der Waals surface area contributed by atoms with Crippen LogP contribution in [0.3, 0.4) is 0 Å². The van der Waals surface area contributed by atoms with Gasteiger partial charge in [0, 0.05) is 18.4 Å². The molecule has 0 heterocycles. The van der Waals surface area contributed by atoms with Crippen LogP contribution in [-0.4, -0.2) is 22.6 Å². The smallest absolute Gasteiger partial charge is 0.314 e. The Bertz CT molecular complexity index is 1330. The van der Waals surface area contributed by atoms with Gasteiger partial charge in [0.1, 0.15) is 24.1 Å². The Balaban J connectivity index is 1.34. The number of carbonyl (C=O) groups is 3. The lowest BCUT2D eigenvalue weighted by molar-refractivity contribution is -0.146. The topological polar surface area (TPSA) is 80.7 Å². The number of hydrogen-bond donors (Lipinski definition) is 1. The van der Waals surface area contributed by atoms with Gasteiger partial charge in [0.15, 0.2) is 5.78 Å². The molecule has 5 heteroatoms. The normalized spacial score (nSPS) is 11.5. The summed E-state index contributed by atoms with van der Waals surface area (Å²) in [5.41, 5.74) is 4.31. The Morgan fingerprint density at radius 2 is 1.22 bits per heavy atom. The van der Waals surface area contributed by atoms with Crippen LogP contribution in [0.1, 0.15) is 34.3 Å². The molecule has 0 fully saturated rings. The molecule has 0 aromatic heterocycles. The number of aryl methyl sites for hydroxylation is 1. The van der Waals surface area contributed by atoms with Crippen LogP contribution in [-0.2, 0) is 22.6 Å². The Hall–Kier alpha value is -4.51. The standard InChI is InChI=1S/C32H28O5/c33-30(20-11-23-7-3-1-4-8-23)29(32(35)36)21-31(34)27-14-12-25(13-15-27)26-16-18-28(19-17-26)37-22-24-9-5-2-6-10-24/h1-10,12-19,29H,11,20-22H2,(H,35,36). The third-order valence-corrected chi connectivity index (χ3v) is 6.22. The van der Waals surface area contributed by atoms with Crippen molar-refractivity contribution in [3.8, 4) is 16.9 Å². The first-order chi connectivity index (χ1) is 18.0. The summed E-state index contributed by atoms with van der Waals surface area (Å²) in [7, 11) is 0. The maximum Gasteiger partial charge on any atom is 0.314 e. The van der Waals surface area contributed by atoms with Gasteiger partial charge < -0.3 is 9.84 Å². The van der Waals surface area contributed by atoms with Crippen molar-refractivity contribution in [1.82, 2.24) is 0 Å². The largest absolute Gasteiger partial charge is 0.489 e. The van der Waals surface area contributed by atoms with Crippen LogP contribution < -0.4 is 4.74 Å². The van der Waals surface area contributed by atoms with E-state index >= 15 is 0 Å². The number of Topliss-reactive ketones (excluding diaryl/α,β-unsaturated/α-hetero) is 2. The van der Waals surface area contributed by atoms with Crippen LogP contribution >= 0.6 is 0 Å². The van der Waals surface area contributed by atoms with Gasteiger partial charge in [-0.2, -0.15) is 0 Å². The molecule has 0 spiro atoms. The number of hydrogen-bond acceptors (Lipinski definition) is 4. The summed E-state index contributed by atoms with van der Waals surface area (Å²) in [4.78, 5) is 37.1. The molecule has 1 unspecified atom stereocenters. The molecule has 5 nitrogen and oxygen atoms in total. The molecule has 0 aliphatic carbocycles. The Morgan fingerprint density at radius 1 is 0.676 bits per heavy atom. The molecule has 37 heavy (non-hydrogen) atoms. The first-order valence-electron chi connectivity index (χ1n) is 12.2. The van der Waals surface area contributed by atoms with Crippen LogP contribution in [0.5, 0.6) is 5.75 Å². The summed E-state index contributed by atoms with van der Waals surface area (Å²) in [6, 6.07) is 34.0. The molecular formula is C32H28O5. The van der Waals surface area contributed by atoms with Crippen LogP contribution in [0.15, 0.2) is 109 Å². The summed E-state index contributed by atoms with van der Waals surface area (Å²) in [5.74, 6) is -2.65. The minimum Gasteiger partial charge on any atom is -0.489 e. The van der Waals surface area contributed by atoms with E-state index in [2.05, 4.69) is 0 Å². The van der Waals surface area contributed by atoms with Gasteiger partial charge in [-0.15, -0.1) is 0 Å². The number of aliphatic carboxylic acids is 1. The van der Waals surface area contributed by atoms with Crippen LogP contribution in [0.2, 0.25) is 0 Å². The molecule has 0 bridgehead atoms. The number of rotatable bonds is 12. The highest BCUT2D eigenvalue weighted by Gasteiger charge is 2.28. The zero-order chi connectivity index (χ0) is 26.0. The number of carbonyl (C=O) groups excluding carboxylic acids is 2. The highest BCUT2D eigenvalue weighted by Crippen LogP contribution is 2.24. The lowest BCUT2D eigenvalue weighted by atomic mass is 9.91. The van der Waals surface area contributed by atoms with Crippen molar-refractivity contribution in [2.75, 3.05) is 0 Å². The van der Waals surface area contributed by atoms with Crippen molar-refractivity contribution in [3.63, 3.8) is 0 Å². The van der Waals surface area contributed by atoms with E-state index in [0.29, 0.717) is 18.6 Å². The number of carboxylic acid groups (broad SMARTS) is 1. The van der Waals surface area contributed by atoms with E-state index in [0.717, 1.165) is 28.0 Å². The van der Waals surface area contributed by atoms with Gasteiger partial charge in [-0.05, 0) is 40.8 Å². The molecule has 0 amide bonds. The first-order valence-corrected chi connectivity index (χ1v) is 12.2. The summed E-state index contributed by atoms with van der Waals surface area (Å²) >= 11 is 0. The average molecular weight is 493 g/mol. The highest BCUT2D eigenvalue weighted by atomic mass is 16.5. The highest BCUT2D eigenvalue weighted by molar-refractivity contribution is 6.06. The monoisotopic (exact) mass is 492 g/mol. The SMILES string of the molecule is O=C(CC(C(=O)O)C(=O)CCc1ccccc1)c1ccc(-c2ccc(OCc3ccccc3)cc2)cc1. The van der Waals surface area contributed by atoms with E-state index in [-0.39, 0.29) is 18.6 Å². The molecule has 0 saturated heterocycles. The zero-order valence-corrected chi connectivity index (χ0v) is 20.4. The second-order valence-corrected chi connectivity index (χ2v) is 8.85. The Morgan fingerprint density at radius 3 is 1.78 bits per heavy atom. The minimum atomic E-state index is -1.35. The van der Waals surface area contributed by atoms with E-state index in [9.17, 15) is 19.5 Å². The fraction of sp³-hybridized carbons (Fsp3) is 0.156. The zero-order valence-electron chi connectivity index (χ0n) is 20.4. The van der Waals surface area contributed by atoms with Gasteiger partial charge >= 0.3 is 5.97 Å². The Labute approximate surface area is 216 Å². The van der Waals surface area contributed by atoms with Gasteiger partial charge in [-0.3, -0.25) is 14.4 Å². The molecule has 1 atom stereocenters. The van der Waals surface area contributed by atoms with Gasteiger partial charge in [-0.25, -0.2) is 0 Å². The molecule has 4 aromatic rings. The van der Waals surface area contributed by atoms with E-state index in [1.165, 1.54) is 0 Å². The van der Waals surface area contributed by atoms with Gasteiger partial charge in [0.2, 0.25) is 0 Å². The molecule has 4 rings (SSSR count). The van der Waals surface area contributed by atoms with Crippen molar-refractivity contribution in [3.05, 3.63) is 126 Å². The number of benzene rings is 4. The second kappa shape index (κ2) is 12.5. The fourth-order valence-corrected chi connectivity index (χ4v) is 4.06. The summed E-state index contributed by atoms with van der Waals surface area (Å²) in [6.45, 7) is 0.489. The van der Waals surface area contributed by atoms with Crippen LogP contribution in [0, 0.1) is 5.92 Å². The molecular weight excluding hydrogens is 464 g/mol. The first kappa shape index (κ1) is 25.6. The summed E-state index contributed by atoms with van der Waals surface area (Å²) in [6.07, 6.45) is 0.177. The molecule has 4 aromatic carbocycles. The second-order valence-electron chi connectivity index (χ2n) is 8.85. The predicted molar refractivity (Wildman–Crippen MR) is 142 cm³/mol. The van der Waals surface area contributed by atoms with Crippen molar-refractivity contribution >= 4 is 17.5 Å². The van der Waals surface area contributed by atoms with Gasteiger partial charge in [0.25, 0.3) is 0 Å². The molecule has 186 valence electrons. The lowest BCUT2D eigenvalue weighted by Crippen LogP contribution is -2.27. The van der Waals surface area contributed by atoms with E-state index < -0.39 is 17.7 Å². The Kier molecular flexibility index (Phi) is 8.61. The van der Waals surface area contributed by atoms with E-state index in [1.807, 2.05) is 97.1 Å². The maximum atomic E-state index is 12.8. The van der Waals surface area contributed by atoms with Crippen molar-refractivity contribution in [2.24, 2.45) is 5.92 Å². The lowest BCUT2D eigenvalue weighted by Gasteiger charge is -2.11. The number of carboxylic acids is 1. The predicted octanol–water partition coefficient (Wildman–Crippen LogP) is 6.41. The molecule has 1 N–H and O–H groups in total. The van der Waals surface area contributed by atoms with Crippen LogP contribution in [0.4, 0.5) is 0 Å². The number of ether oxygens (including phenoxy) is 1. The van der Waals surface area contributed by atoms with Crippen LogP contribution in [0.25, 0.3) is 11.1 Å². The summed E-state index contributed by atoms with van der Waals surface area (Å²) in [5, 5.41) is 9.57. The van der Waals surface area contributed by atoms with E-state index in [4.69, 9.17) is 4.74 Å². The van der Waals surface area contributed by atoms with Crippen molar-refractivity contribution in [1.29, 1.82) is 0 Å². The summed E-state index contributed by atoms with van der Waals surface area (Å²) < 4.78 is 5.83. The average Bonchev–Trinajstić information content (AvgIpc) is 2.94. The molecule has 0 aliphatic heterocycles.